The predicted molar refractivity (Wildman–Crippen MR) is 191 cm³/mol. The average molecular weight is 656 g/mol. The highest BCUT2D eigenvalue weighted by atomic mass is 16.6. The maximum Gasteiger partial charge on any atom is 0.306 e. The fraction of sp³-hybridized carbons (Fsp3) is 0.946. The zero-order valence-electron chi connectivity index (χ0n) is 31.4. The molecule has 46 heavy (non-hydrogen) atoms. The summed E-state index contributed by atoms with van der Waals surface area (Å²) in [5.74, 6) is -0.520. The normalized spacial score (nSPS) is 19.4. The summed E-state index contributed by atoms with van der Waals surface area (Å²) in [6.45, 7) is 15.9. The Labute approximate surface area is 285 Å². The van der Waals surface area contributed by atoms with Crippen LogP contribution in [0.25, 0.3) is 0 Å². The highest BCUT2D eigenvalue weighted by molar-refractivity contribution is 6.11. The second kappa shape index (κ2) is 35.2. The van der Waals surface area contributed by atoms with Gasteiger partial charge in [0, 0.05) is 39.3 Å². The summed E-state index contributed by atoms with van der Waals surface area (Å²) in [6, 6.07) is -0.526. The average Bonchev–Trinajstić information content (AvgIpc) is 3.35. The number of rotatable bonds is 28. The van der Waals surface area contributed by atoms with Gasteiger partial charge in [0.15, 0.2) is 6.10 Å². The molecule has 272 valence electrons. The molecule has 1 saturated heterocycles. The van der Waals surface area contributed by atoms with Crippen LogP contribution in [0.15, 0.2) is 0 Å². The summed E-state index contributed by atoms with van der Waals surface area (Å²) in [5, 5.41) is 2.87. The van der Waals surface area contributed by atoms with Gasteiger partial charge in [-0.25, -0.2) is 0 Å². The van der Waals surface area contributed by atoms with Crippen molar-refractivity contribution in [3.05, 3.63) is 0 Å². The van der Waals surface area contributed by atoms with Crippen LogP contribution < -0.4 is 5.32 Å². The van der Waals surface area contributed by atoms with Crippen molar-refractivity contribution in [2.24, 2.45) is 0 Å². The minimum absolute atomic E-state index is 0.223. The molecule has 0 bridgehead atoms. The van der Waals surface area contributed by atoms with E-state index in [4.69, 9.17) is 31.5 Å². The molecular formula is C37H74BNO7. The molecule has 1 fully saturated rings. The minimum atomic E-state index is -0.758. The number of unbranched alkanes of at least 4 members (excludes halogenated alkanes) is 15. The third-order valence-corrected chi connectivity index (χ3v) is 7.88. The summed E-state index contributed by atoms with van der Waals surface area (Å²) >= 11 is 0. The first-order chi connectivity index (χ1) is 22.4. The van der Waals surface area contributed by atoms with Gasteiger partial charge in [-0.05, 0) is 33.1 Å². The van der Waals surface area contributed by atoms with Crippen molar-refractivity contribution in [1.29, 1.82) is 0 Å². The van der Waals surface area contributed by atoms with Crippen LogP contribution in [-0.4, -0.2) is 83.6 Å². The van der Waals surface area contributed by atoms with Crippen LogP contribution in [0.4, 0.5) is 0 Å². The molecule has 8 nitrogen and oxygen atoms in total. The lowest BCUT2D eigenvalue weighted by Gasteiger charge is -2.23. The van der Waals surface area contributed by atoms with Crippen molar-refractivity contribution in [3.8, 4) is 0 Å². The van der Waals surface area contributed by atoms with Crippen LogP contribution >= 0.6 is 0 Å². The van der Waals surface area contributed by atoms with E-state index in [1.807, 2.05) is 34.6 Å². The molecule has 1 amide bonds. The van der Waals surface area contributed by atoms with Crippen molar-refractivity contribution in [1.82, 2.24) is 5.32 Å². The molecule has 1 aliphatic rings. The van der Waals surface area contributed by atoms with Gasteiger partial charge in [-0.3, -0.25) is 9.59 Å². The molecule has 5 unspecified atom stereocenters. The van der Waals surface area contributed by atoms with Crippen LogP contribution in [0.2, 0.25) is 0 Å². The number of hydrogen-bond donors (Lipinski definition) is 1. The zero-order valence-corrected chi connectivity index (χ0v) is 31.4. The first kappa shape index (κ1) is 47.0. The molecule has 0 aromatic carbocycles. The van der Waals surface area contributed by atoms with E-state index in [-0.39, 0.29) is 30.2 Å². The van der Waals surface area contributed by atoms with E-state index in [1.165, 1.54) is 64.2 Å². The Kier molecular flexibility index (Phi) is 35.9. The van der Waals surface area contributed by atoms with Crippen molar-refractivity contribution < 1.29 is 33.3 Å². The Bertz CT molecular complexity index is 670. The summed E-state index contributed by atoms with van der Waals surface area (Å²) in [6.07, 6.45) is 19.0. The van der Waals surface area contributed by atoms with Gasteiger partial charge in [0.2, 0.25) is 0 Å². The molecule has 0 aromatic rings. The monoisotopic (exact) mass is 656 g/mol. The van der Waals surface area contributed by atoms with E-state index >= 15 is 0 Å². The van der Waals surface area contributed by atoms with Gasteiger partial charge >= 0.3 is 5.97 Å². The van der Waals surface area contributed by atoms with Crippen LogP contribution in [0.3, 0.4) is 0 Å². The van der Waals surface area contributed by atoms with E-state index in [0.29, 0.717) is 32.8 Å². The van der Waals surface area contributed by atoms with Crippen molar-refractivity contribution in [2.45, 2.75) is 194 Å². The smallest absolute Gasteiger partial charge is 0.306 e. The number of esters is 1. The first-order valence-electron chi connectivity index (χ1n) is 19.0. The molecule has 5 atom stereocenters. The van der Waals surface area contributed by atoms with Crippen LogP contribution in [0.5, 0.6) is 0 Å². The molecule has 2 radical (unpaired) electrons. The lowest BCUT2D eigenvalue weighted by molar-refractivity contribution is -0.154. The molecule has 0 saturated carbocycles. The number of ether oxygens (including phenoxy) is 5. The second-order valence-electron chi connectivity index (χ2n) is 11.7. The lowest BCUT2D eigenvalue weighted by Crippen LogP contribution is -2.39. The first-order valence-corrected chi connectivity index (χ1v) is 19.0. The van der Waals surface area contributed by atoms with E-state index in [9.17, 15) is 9.59 Å². The van der Waals surface area contributed by atoms with E-state index in [2.05, 4.69) is 12.2 Å². The number of carbonyl (C=O) groups excluding carboxylic acids is 2. The maximum atomic E-state index is 12.3. The zero-order chi connectivity index (χ0) is 34.8. The highest BCUT2D eigenvalue weighted by Gasteiger charge is 2.43. The topological polar surface area (TPSA) is 92.3 Å². The van der Waals surface area contributed by atoms with Gasteiger partial charge in [-0.2, -0.15) is 0 Å². The third kappa shape index (κ3) is 24.9. The molecule has 1 aliphatic heterocycles. The van der Waals surface area contributed by atoms with Gasteiger partial charge in [-0.15, -0.1) is 0 Å². The third-order valence-electron chi connectivity index (χ3n) is 7.88. The number of amides is 1. The fourth-order valence-corrected chi connectivity index (χ4v) is 5.39. The maximum absolute atomic E-state index is 12.3. The van der Waals surface area contributed by atoms with Gasteiger partial charge in [-0.1, -0.05) is 125 Å². The number of carbonyl (C=O) groups is 2. The SMILES string of the molecule is CC.CC.[B]C1OC(COC)C(OCC)C1OCCCCCCNC(=O)C(C)OC(=O)CCCCCCCCCCCCCCC. The molecular weight excluding hydrogens is 581 g/mol. The largest absolute Gasteiger partial charge is 0.453 e. The van der Waals surface area contributed by atoms with Crippen LogP contribution in [-0.2, 0) is 33.3 Å². The molecule has 0 aliphatic carbocycles. The molecule has 0 spiro atoms. The Hall–Kier alpha value is -1.16. The lowest BCUT2D eigenvalue weighted by atomic mass is 9.92. The summed E-state index contributed by atoms with van der Waals surface area (Å²) in [5.41, 5.74) is 0. The Morgan fingerprint density at radius 1 is 0.739 bits per heavy atom. The quantitative estimate of drug-likeness (QED) is 0.0514. The molecule has 1 rings (SSSR count). The van der Waals surface area contributed by atoms with Crippen molar-refractivity contribution in [3.63, 3.8) is 0 Å². The standard InChI is InChI=1S/C33H62BNO7.2C2H6/c1-5-7-8-9-10-11-12-13-14-15-16-17-20-23-29(36)41-27(3)33(37)35-24-21-18-19-22-25-40-31-30(39-6-2)28(26-38-4)42-32(31)34;2*1-2/h27-28,30-32H,5-26H2,1-4H3,(H,35,37);2*1-2H3. The van der Waals surface area contributed by atoms with Crippen LogP contribution in [0, 0.1) is 0 Å². The summed E-state index contributed by atoms with van der Waals surface area (Å²) in [7, 11) is 7.73. The molecule has 9 heteroatoms. The van der Waals surface area contributed by atoms with Crippen molar-refractivity contribution in [2.75, 3.05) is 33.5 Å². The molecule has 0 aromatic heterocycles. The van der Waals surface area contributed by atoms with Gasteiger partial charge < -0.3 is 29.0 Å². The molecule has 1 heterocycles. The van der Waals surface area contributed by atoms with Gasteiger partial charge in [0.25, 0.3) is 5.91 Å². The summed E-state index contributed by atoms with van der Waals surface area (Å²) < 4.78 is 28.1. The number of methoxy groups -OCH3 is 1. The highest BCUT2D eigenvalue weighted by Crippen LogP contribution is 2.26. The minimum Gasteiger partial charge on any atom is -0.453 e. The van der Waals surface area contributed by atoms with Gasteiger partial charge in [0.05, 0.1) is 6.61 Å². The Morgan fingerprint density at radius 3 is 1.80 bits per heavy atom. The molecule has 1 N–H and O–H groups in total. The Morgan fingerprint density at radius 2 is 1.26 bits per heavy atom. The second-order valence-corrected chi connectivity index (χ2v) is 11.7. The van der Waals surface area contributed by atoms with E-state index in [1.54, 1.807) is 14.0 Å². The van der Waals surface area contributed by atoms with Crippen molar-refractivity contribution >= 4 is 19.7 Å². The number of hydrogen-bond acceptors (Lipinski definition) is 7. The predicted octanol–water partition coefficient (Wildman–Crippen LogP) is 8.46. The van der Waals surface area contributed by atoms with E-state index < -0.39 is 12.1 Å². The number of nitrogens with one attached hydrogen (secondary N) is 1. The Balaban J connectivity index is 0. The van der Waals surface area contributed by atoms with E-state index in [0.717, 1.165) is 44.9 Å². The fourth-order valence-electron chi connectivity index (χ4n) is 5.39. The van der Waals surface area contributed by atoms with Crippen LogP contribution in [0.1, 0.15) is 164 Å². The van der Waals surface area contributed by atoms with Gasteiger partial charge in [0.1, 0.15) is 26.2 Å². The summed E-state index contributed by atoms with van der Waals surface area (Å²) in [4.78, 5) is 24.4.